The van der Waals surface area contributed by atoms with Gasteiger partial charge < -0.3 is 10.1 Å². The van der Waals surface area contributed by atoms with Crippen molar-refractivity contribution in [1.29, 1.82) is 0 Å². The van der Waals surface area contributed by atoms with Crippen molar-refractivity contribution in [2.45, 2.75) is 0 Å². The number of ether oxygens (including phenoxy) is 1. The molecule has 0 saturated heterocycles. The lowest BCUT2D eigenvalue weighted by molar-refractivity contribution is -0.385. The van der Waals surface area contributed by atoms with Crippen LogP contribution in [0.15, 0.2) is 80.6 Å². The Balaban J connectivity index is 1.52. The van der Waals surface area contributed by atoms with Crippen molar-refractivity contribution >= 4 is 67.1 Å². The fourth-order valence-corrected chi connectivity index (χ4v) is 3.64. The average Bonchev–Trinajstić information content (AvgIpc) is 3.15. The van der Waals surface area contributed by atoms with E-state index in [1.807, 2.05) is 0 Å². The maximum absolute atomic E-state index is 12.3. The summed E-state index contributed by atoms with van der Waals surface area (Å²) in [6.45, 7) is 0. The van der Waals surface area contributed by atoms with Crippen molar-refractivity contribution in [1.82, 2.24) is 4.98 Å². The third-order valence-corrected chi connectivity index (χ3v) is 5.55. The molecule has 1 amide bonds. The van der Waals surface area contributed by atoms with Crippen LogP contribution in [0.25, 0.3) is 6.08 Å². The van der Waals surface area contributed by atoms with Gasteiger partial charge in [-0.15, -0.1) is 0 Å². The lowest BCUT2D eigenvalue weighted by Gasteiger charge is -2.06. The van der Waals surface area contributed by atoms with E-state index in [9.17, 15) is 19.7 Å². The summed E-state index contributed by atoms with van der Waals surface area (Å²) in [5.41, 5.74) is 1.77. The maximum atomic E-state index is 12.3. The number of aliphatic imine (C=N–C) groups is 1. The number of rotatable bonds is 5. The van der Waals surface area contributed by atoms with Gasteiger partial charge in [0.15, 0.2) is 5.70 Å². The van der Waals surface area contributed by atoms with Gasteiger partial charge >= 0.3 is 5.97 Å². The minimum Gasteiger partial charge on any atom is -0.402 e. The first kappa shape index (κ1) is 22.5. The second-order valence-corrected chi connectivity index (χ2v) is 8.50. The van der Waals surface area contributed by atoms with E-state index in [1.165, 1.54) is 24.4 Å². The number of hydrogen-bond acceptors (Lipinski definition) is 7. The van der Waals surface area contributed by atoms with Gasteiger partial charge in [0.25, 0.3) is 11.6 Å². The van der Waals surface area contributed by atoms with E-state index in [1.54, 1.807) is 42.6 Å². The third kappa shape index (κ3) is 5.21. The fourth-order valence-electron chi connectivity index (χ4n) is 2.89. The number of halogens is 2. The molecule has 1 aromatic heterocycles. The second-order valence-electron chi connectivity index (χ2n) is 6.73. The predicted molar refractivity (Wildman–Crippen MR) is 128 cm³/mol. The Morgan fingerprint density at radius 3 is 2.55 bits per heavy atom. The van der Waals surface area contributed by atoms with Gasteiger partial charge in [-0.2, -0.15) is 0 Å². The number of carbonyl (C=O) groups is 2. The van der Waals surface area contributed by atoms with Crippen LogP contribution in [-0.4, -0.2) is 27.7 Å². The van der Waals surface area contributed by atoms with Crippen molar-refractivity contribution in [2.24, 2.45) is 4.99 Å². The lowest BCUT2D eigenvalue weighted by atomic mass is 10.1. The quantitative estimate of drug-likeness (QED) is 0.196. The topological polar surface area (TPSA) is 124 Å². The van der Waals surface area contributed by atoms with Gasteiger partial charge in [-0.3, -0.25) is 19.9 Å². The Bertz CT molecular complexity index is 1350. The molecule has 0 saturated carbocycles. The van der Waals surface area contributed by atoms with E-state index in [0.717, 1.165) is 0 Å². The Kier molecular flexibility index (Phi) is 6.43. The van der Waals surface area contributed by atoms with Gasteiger partial charge in [0.2, 0.25) is 5.90 Å². The Labute approximate surface area is 203 Å². The largest absolute Gasteiger partial charge is 0.402 e. The van der Waals surface area contributed by atoms with E-state index in [-0.39, 0.29) is 23.2 Å². The molecule has 33 heavy (non-hydrogen) atoms. The number of amides is 1. The summed E-state index contributed by atoms with van der Waals surface area (Å²) in [5, 5.41) is 13.9. The zero-order valence-electron chi connectivity index (χ0n) is 16.5. The summed E-state index contributed by atoms with van der Waals surface area (Å²) in [6, 6.07) is 12.7. The van der Waals surface area contributed by atoms with Gasteiger partial charge in [0.05, 0.1) is 15.0 Å². The maximum Gasteiger partial charge on any atom is 0.363 e. The average molecular weight is 572 g/mol. The van der Waals surface area contributed by atoms with Crippen molar-refractivity contribution in [2.75, 3.05) is 5.32 Å². The van der Waals surface area contributed by atoms with Crippen molar-refractivity contribution in [3.63, 3.8) is 0 Å². The summed E-state index contributed by atoms with van der Waals surface area (Å²) in [6.07, 6.45) is 4.44. The van der Waals surface area contributed by atoms with E-state index in [0.29, 0.717) is 31.3 Å². The molecular formula is C22H12Br2N4O5. The normalized spacial score (nSPS) is 14.1. The zero-order valence-corrected chi connectivity index (χ0v) is 19.7. The highest BCUT2D eigenvalue weighted by molar-refractivity contribution is 9.10. The van der Waals surface area contributed by atoms with E-state index < -0.39 is 10.9 Å². The highest BCUT2D eigenvalue weighted by atomic mass is 79.9. The lowest BCUT2D eigenvalue weighted by Crippen LogP contribution is -2.12. The van der Waals surface area contributed by atoms with E-state index >= 15 is 0 Å². The molecule has 2 heterocycles. The molecule has 0 spiro atoms. The fraction of sp³-hybridized carbons (Fsp3) is 0. The standard InChI is InChI=1S/C22H12Br2N4O5/c23-15-9-14(10-25-11-15)20(29)26-16-4-2-13(3-5-16)21-27-18(22(30)33-21)7-12-1-6-17(24)19(8-12)28(31)32/h1-11H,(H,26,29). The van der Waals surface area contributed by atoms with Crippen LogP contribution in [-0.2, 0) is 9.53 Å². The summed E-state index contributed by atoms with van der Waals surface area (Å²) in [4.78, 5) is 43.3. The van der Waals surface area contributed by atoms with Crippen LogP contribution in [0.3, 0.4) is 0 Å². The molecule has 0 aliphatic carbocycles. The molecule has 1 aliphatic heterocycles. The molecule has 0 fully saturated rings. The molecule has 0 bridgehead atoms. The smallest absolute Gasteiger partial charge is 0.363 e. The summed E-state index contributed by atoms with van der Waals surface area (Å²) in [7, 11) is 0. The van der Waals surface area contributed by atoms with Gasteiger partial charge in [-0.1, -0.05) is 6.07 Å². The first-order chi connectivity index (χ1) is 15.8. The summed E-state index contributed by atoms with van der Waals surface area (Å²) < 4.78 is 6.25. The molecule has 3 aromatic rings. The molecule has 0 radical (unpaired) electrons. The monoisotopic (exact) mass is 570 g/mol. The highest BCUT2D eigenvalue weighted by Crippen LogP contribution is 2.28. The molecule has 1 N–H and O–H groups in total. The molecule has 9 nitrogen and oxygen atoms in total. The molecular weight excluding hydrogens is 560 g/mol. The minimum atomic E-state index is -0.671. The number of carbonyl (C=O) groups excluding carboxylic acids is 2. The van der Waals surface area contributed by atoms with Crippen LogP contribution in [0.4, 0.5) is 11.4 Å². The number of benzene rings is 2. The third-order valence-electron chi connectivity index (χ3n) is 4.45. The van der Waals surface area contributed by atoms with Crippen LogP contribution < -0.4 is 5.32 Å². The van der Waals surface area contributed by atoms with Crippen molar-refractivity contribution in [3.05, 3.63) is 102 Å². The number of nitro groups is 1. The molecule has 164 valence electrons. The van der Waals surface area contributed by atoms with Gasteiger partial charge in [-0.05, 0) is 79.9 Å². The number of nitrogens with zero attached hydrogens (tertiary/aromatic N) is 3. The number of cyclic esters (lactones) is 1. The summed E-state index contributed by atoms with van der Waals surface area (Å²) >= 11 is 6.39. The number of esters is 1. The van der Waals surface area contributed by atoms with Crippen LogP contribution in [0.5, 0.6) is 0 Å². The molecule has 0 atom stereocenters. The Morgan fingerprint density at radius 1 is 1.09 bits per heavy atom. The summed E-state index contributed by atoms with van der Waals surface area (Å²) in [5.74, 6) is -0.906. The number of pyridine rings is 1. The number of nitro benzene ring substituents is 1. The molecule has 11 heteroatoms. The first-order valence-corrected chi connectivity index (χ1v) is 10.9. The zero-order chi connectivity index (χ0) is 23.5. The predicted octanol–water partition coefficient (Wildman–Crippen LogP) is 5.11. The molecule has 2 aromatic carbocycles. The molecule has 0 unspecified atom stereocenters. The van der Waals surface area contributed by atoms with Gasteiger partial charge in [-0.25, -0.2) is 9.79 Å². The number of hydrogen-bond donors (Lipinski definition) is 1. The SMILES string of the molecule is O=C1OC(c2ccc(NC(=O)c3cncc(Br)c3)cc2)=NC1=Cc1ccc(Br)c([N+](=O)[O-])c1. The first-order valence-electron chi connectivity index (χ1n) is 9.29. The van der Waals surface area contributed by atoms with Crippen LogP contribution >= 0.6 is 31.9 Å². The van der Waals surface area contributed by atoms with Crippen molar-refractivity contribution < 1.29 is 19.2 Å². The van der Waals surface area contributed by atoms with Gasteiger partial charge in [0, 0.05) is 34.2 Å². The van der Waals surface area contributed by atoms with E-state index in [2.05, 4.69) is 47.2 Å². The molecule has 1 aliphatic rings. The molecule has 4 rings (SSSR count). The Morgan fingerprint density at radius 2 is 1.85 bits per heavy atom. The van der Waals surface area contributed by atoms with Gasteiger partial charge in [0.1, 0.15) is 0 Å². The second kappa shape index (κ2) is 9.43. The van der Waals surface area contributed by atoms with Crippen LogP contribution in [0.1, 0.15) is 21.5 Å². The van der Waals surface area contributed by atoms with Crippen LogP contribution in [0, 0.1) is 10.1 Å². The Hall–Kier alpha value is -3.70. The van der Waals surface area contributed by atoms with E-state index in [4.69, 9.17) is 4.74 Å². The number of anilines is 1. The number of aromatic nitrogens is 1. The minimum absolute atomic E-state index is 0.0150. The van der Waals surface area contributed by atoms with Crippen molar-refractivity contribution in [3.8, 4) is 0 Å². The van der Waals surface area contributed by atoms with Crippen LogP contribution in [0.2, 0.25) is 0 Å². The highest BCUT2D eigenvalue weighted by Gasteiger charge is 2.24. The number of nitrogens with one attached hydrogen (secondary N) is 1.